The van der Waals surface area contributed by atoms with E-state index in [0.717, 1.165) is 11.8 Å². The Morgan fingerprint density at radius 2 is 2.06 bits per heavy atom. The third-order valence-electron chi connectivity index (χ3n) is 4.77. The van der Waals surface area contributed by atoms with Crippen molar-refractivity contribution in [3.63, 3.8) is 0 Å². The van der Waals surface area contributed by atoms with Gasteiger partial charge in [-0.15, -0.1) is 0 Å². The van der Waals surface area contributed by atoms with Gasteiger partial charge >= 0.3 is 0 Å². The van der Waals surface area contributed by atoms with Crippen molar-refractivity contribution in [1.29, 1.82) is 0 Å². The first kappa shape index (κ1) is 14.3. The smallest absolute Gasteiger partial charge is 0.0252 e. The first-order valence-electron chi connectivity index (χ1n) is 8.02. The van der Waals surface area contributed by atoms with Gasteiger partial charge in [-0.1, -0.05) is 26.2 Å². The summed E-state index contributed by atoms with van der Waals surface area (Å²) in [5.74, 6) is 1.99. The van der Waals surface area contributed by atoms with E-state index in [9.17, 15) is 0 Å². The zero-order valence-corrected chi connectivity index (χ0v) is 12.7. The Bertz CT molecular complexity index is 249. The molecule has 2 atom stereocenters. The van der Waals surface area contributed by atoms with Crippen molar-refractivity contribution in [3.05, 3.63) is 0 Å². The van der Waals surface area contributed by atoms with E-state index in [0.29, 0.717) is 5.54 Å². The van der Waals surface area contributed by atoms with Crippen LogP contribution < -0.4 is 5.32 Å². The zero-order chi connectivity index (χ0) is 13.0. The molecule has 1 aliphatic heterocycles. The normalized spacial score (nSPS) is 34.2. The van der Waals surface area contributed by atoms with Gasteiger partial charge in [-0.3, -0.25) is 0 Å². The molecule has 0 spiro atoms. The van der Waals surface area contributed by atoms with Crippen LogP contribution in [0.2, 0.25) is 0 Å². The second-order valence-electron chi connectivity index (χ2n) is 7.37. The number of hydrogen-bond donors (Lipinski definition) is 1. The highest BCUT2D eigenvalue weighted by Crippen LogP contribution is 2.30. The fraction of sp³-hybridized carbons (Fsp3) is 1.00. The summed E-state index contributed by atoms with van der Waals surface area (Å²) in [6.45, 7) is 12.1. The minimum atomic E-state index is 0.302. The van der Waals surface area contributed by atoms with Crippen molar-refractivity contribution >= 4 is 0 Å². The van der Waals surface area contributed by atoms with Crippen molar-refractivity contribution in [3.8, 4) is 0 Å². The minimum absolute atomic E-state index is 0.302. The van der Waals surface area contributed by atoms with Crippen LogP contribution in [0.4, 0.5) is 0 Å². The van der Waals surface area contributed by atoms with Gasteiger partial charge in [-0.05, 0) is 64.6 Å². The number of hydrogen-bond acceptors (Lipinski definition) is 2. The summed E-state index contributed by atoms with van der Waals surface area (Å²) in [5, 5.41) is 3.65. The van der Waals surface area contributed by atoms with Crippen LogP contribution in [0.3, 0.4) is 0 Å². The van der Waals surface area contributed by atoms with Gasteiger partial charge in [-0.25, -0.2) is 0 Å². The van der Waals surface area contributed by atoms with E-state index in [1.807, 2.05) is 0 Å². The van der Waals surface area contributed by atoms with Gasteiger partial charge in [0, 0.05) is 12.1 Å². The van der Waals surface area contributed by atoms with Crippen molar-refractivity contribution in [2.75, 3.05) is 26.2 Å². The molecule has 0 bridgehead atoms. The maximum absolute atomic E-state index is 3.65. The van der Waals surface area contributed by atoms with Gasteiger partial charge < -0.3 is 10.2 Å². The summed E-state index contributed by atoms with van der Waals surface area (Å²) < 4.78 is 0. The van der Waals surface area contributed by atoms with Crippen LogP contribution in [0.5, 0.6) is 0 Å². The number of nitrogens with zero attached hydrogens (tertiary/aromatic N) is 1. The molecule has 0 amide bonds. The molecule has 2 heteroatoms. The highest BCUT2D eigenvalue weighted by atomic mass is 15.2. The SMILES string of the molecule is CC1CCCC(CCN2CCCNC(C)(C)C2)C1. The van der Waals surface area contributed by atoms with E-state index >= 15 is 0 Å². The van der Waals surface area contributed by atoms with Gasteiger partial charge in [0.1, 0.15) is 0 Å². The molecule has 2 aliphatic rings. The van der Waals surface area contributed by atoms with Crippen molar-refractivity contribution in [1.82, 2.24) is 10.2 Å². The van der Waals surface area contributed by atoms with Crippen molar-refractivity contribution < 1.29 is 0 Å². The van der Waals surface area contributed by atoms with Crippen LogP contribution in [0.15, 0.2) is 0 Å². The Hall–Kier alpha value is -0.0800. The predicted octanol–water partition coefficient (Wildman–Crippen LogP) is 3.28. The highest BCUT2D eigenvalue weighted by Gasteiger charge is 2.25. The molecule has 2 unspecified atom stereocenters. The molecule has 1 aliphatic carbocycles. The Morgan fingerprint density at radius 1 is 1.22 bits per heavy atom. The quantitative estimate of drug-likeness (QED) is 0.829. The lowest BCUT2D eigenvalue weighted by molar-refractivity contribution is 0.192. The lowest BCUT2D eigenvalue weighted by Gasteiger charge is -2.32. The molecular weight excluding hydrogens is 220 g/mol. The average Bonchev–Trinajstić information content (AvgIpc) is 2.47. The van der Waals surface area contributed by atoms with Gasteiger partial charge in [0.05, 0.1) is 0 Å². The van der Waals surface area contributed by atoms with Crippen LogP contribution >= 0.6 is 0 Å². The minimum Gasteiger partial charge on any atom is -0.310 e. The standard InChI is InChI=1S/C16H32N2/c1-14-6-4-7-15(12-14)8-11-18-10-5-9-17-16(2,3)13-18/h14-15,17H,4-13H2,1-3H3. The van der Waals surface area contributed by atoms with E-state index < -0.39 is 0 Å². The third kappa shape index (κ3) is 4.55. The van der Waals surface area contributed by atoms with E-state index in [2.05, 4.69) is 31.0 Å². The van der Waals surface area contributed by atoms with Gasteiger partial charge in [0.25, 0.3) is 0 Å². The Balaban J connectivity index is 1.74. The lowest BCUT2D eigenvalue weighted by atomic mass is 9.81. The molecule has 1 heterocycles. The maximum atomic E-state index is 3.65. The summed E-state index contributed by atoms with van der Waals surface area (Å²) in [7, 11) is 0. The molecule has 0 aromatic rings. The molecule has 18 heavy (non-hydrogen) atoms. The summed E-state index contributed by atoms with van der Waals surface area (Å²) >= 11 is 0. The number of rotatable bonds is 3. The Labute approximate surface area is 114 Å². The first-order chi connectivity index (χ1) is 8.55. The molecular formula is C16H32N2. The molecule has 1 saturated carbocycles. The third-order valence-corrected chi connectivity index (χ3v) is 4.77. The average molecular weight is 252 g/mol. The van der Waals surface area contributed by atoms with Gasteiger partial charge in [-0.2, -0.15) is 0 Å². The summed E-state index contributed by atoms with van der Waals surface area (Å²) in [4.78, 5) is 2.69. The number of nitrogens with one attached hydrogen (secondary N) is 1. The van der Waals surface area contributed by atoms with Gasteiger partial charge in [0.15, 0.2) is 0 Å². The molecule has 1 N–H and O–H groups in total. The molecule has 0 aromatic carbocycles. The van der Waals surface area contributed by atoms with E-state index in [1.165, 1.54) is 64.7 Å². The van der Waals surface area contributed by atoms with Crippen molar-refractivity contribution in [2.24, 2.45) is 11.8 Å². The fourth-order valence-corrected chi connectivity index (χ4v) is 3.80. The summed E-state index contributed by atoms with van der Waals surface area (Å²) in [5.41, 5.74) is 0.302. The van der Waals surface area contributed by atoms with E-state index in [4.69, 9.17) is 0 Å². The molecule has 0 radical (unpaired) electrons. The fourth-order valence-electron chi connectivity index (χ4n) is 3.80. The van der Waals surface area contributed by atoms with Gasteiger partial charge in [0.2, 0.25) is 0 Å². The van der Waals surface area contributed by atoms with Crippen LogP contribution in [-0.4, -0.2) is 36.6 Å². The molecule has 1 saturated heterocycles. The molecule has 2 rings (SSSR count). The summed E-state index contributed by atoms with van der Waals surface area (Å²) in [6.07, 6.45) is 8.65. The second kappa shape index (κ2) is 6.38. The van der Waals surface area contributed by atoms with E-state index in [-0.39, 0.29) is 0 Å². The monoisotopic (exact) mass is 252 g/mol. The van der Waals surface area contributed by atoms with Crippen molar-refractivity contribution in [2.45, 2.75) is 64.8 Å². The van der Waals surface area contributed by atoms with Crippen LogP contribution in [0.25, 0.3) is 0 Å². The lowest BCUT2D eigenvalue weighted by Crippen LogP contribution is -2.46. The molecule has 2 nitrogen and oxygen atoms in total. The Morgan fingerprint density at radius 3 is 2.83 bits per heavy atom. The highest BCUT2D eigenvalue weighted by molar-refractivity contribution is 4.85. The first-order valence-corrected chi connectivity index (χ1v) is 8.02. The van der Waals surface area contributed by atoms with Crippen LogP contribution in [0.1, 0.15) is 59.3 Å². The predicted molar refractivity (Wildman–Crippen MR) is 78.9 cm³/mol. The Kier molecular flexibility index (Phi) is 5.08. The second-order valence-corrected chi connectivity index (χ2v) is 7.37. The van der Waals surface area contributed by atoms with Crippen LogP contribution in [0, 0.1) is 11.8 Å². The van der Waals surface area contributed by atoms with Crippen LogP contribution in [-0.2, 0) is 0 Å². The molecule has 2 fully saturated rings. The topological polar surface area (TPSA) is 15.3 Å². The summed E-state index contributed by atoms with van der Waals surface area (Å²) in [6, 6.07) is 0. The largest absolute Gasteiger partial charge is 0.310 e. The molecule has 106 valence electrons. The van der Waals surface area contributed by atoms with E-state index in [1.54, 1.807) is 0 Å². The zero-order valence-electron chi connectivity index (χ0n) is 12.7. The maximum Gasteiger partial charge on any atom is 0.0252 e. The molecule has 0 aromatic heterocycles.